The molecule has 0 fully saturated rings. The first-order valence-electron chi connectivity index (χ1n) is 6.04. The molecular weight excluding hydrogens is 276 g/mol. The summed E-state index contributed by atoms with van der Waals surface area (Å²) in [4.78, 5) is 11.0. The van der Waals surface area contributed by atoms with Gasteiger partial charge >= 0.3 is 0 Å². The maximum Gasteiger partial charge on any atom is 0.279 e. The summed E-state index contributed by atoms with van der Waals surface area (Å²) in [6.45, 7) is 0. The van der Waals surface area contributed by atoms with Crippen LogP contribution >= 0.6 is 0 Å². The van der Waals surface area contributed by atoms with Crippen molar-refractivity contribution in [3.8, 4) is 0 Å². The van der Waals surface area contributed by atoms with E-state index in [1.807, 2.05) is 0 Å². The van der Waals surface area contributed by atoms with Crippen molar-refractivity contribution in [2.24, 2.45) is 0 Å². The zero-order valence-corrected chi connectivity index (χ0v) is 11.5. The molecule has 0 aromatic heterocycles. The molecule has 1 N–H and O–H groups in total. The SMILES string of the molecule is O=CCC(c1ccccc1)(c1ccccc1)S(=O)(=O)O. The van der Waals surface area contributed by atoms with Crippen LogP contribution in [0.25, 0.3) is 0 Å². The average Bonchev–Trinajstić information content (AvgIpc) is 2.45. The third-order valence-electron chi connectivity index (χ3n) is 3.29. The Balaban J connectivity index is 2.81. The molecule has 0 bridgehead atoms. The van der Waals surface area contributed by atoms with Gasteiger partial charge in [-0.1, -0.05) is 60.7 Å². The van der Waals surface area contributed by atoms with Crippen LogP contribution < -0.4 is 0 Å². The fourth-order valence-corrected chi connectivity index (χ4v) is 3.48. The molecule has 20 heavy (non-hydrogen) atoms. The van der Waals surface area contributed by atoms with Crippen LogP contribution in [0.5, 0.6) is 0 Å². The highest BCUT2D eigenvalue weighted by Gasteiger charge is 2.46. The Bertz CT molecular complexity index is 639. The Hall–Kier alpha value is -1.98. The molecule has 2 aromatic carbocycles. The number of hydrogen-bond donors (Lipinski definition) is 1. The van der Waals surface area contributed by atoms with Crippen LogP contribution in [0.2, 0.25) is 0 Å². The molecule has 0 amide bonds. The predicted octanol–water partition coefficient (Wildman–Crippen LogP) is 2.41. The van der Waals surface area contributed by atoms with E-state index in [1.165, 1.54) is 0 Å². The minimum atomic E-state index is -4.53. The minimum Gasteiger partial charge on any atom is -0.303 e. The number of hydrogen-bond acceptors (Lipinski definition) is 3. The van der Waals surface area contributed by atoms with Gasteiger partial charge in [0, 0.05) is 6.42 Å². The topological polar surface area (TPSA) is 71.4 Å². The van der Waals surface area contributed by atoms with Crippen molar-refractivity contribution < 1.29 is 17.8 Å². The van der Waals surface area contributed by atoms with Crippen LogP contribution in [0.15, 0.2) is 60.7 Å². The molecule has 2 rings (SSSR count). The van der Waals surface area contributed by atoms with E-state index in [9.17, 15) is 17.8 Å². The number of benzene rings is 2. The number of carbonyl (C=O) groups excluding carboxylic acids is 1. The molecule has 0 radical (unpaired) electrons. The number of carbonyl (C=O) groups is 1. The normalized spacial score (nSPS) is 12.1. The summed E-state index contributed by atoms with van der Waals surface area (Å²) in [6, 6.07) is 16.5. The van der Waals surface area contributed by atoms with Crippen LogP contribution in [-0.2, 0) is 19.7 Å². The van der Waals surface area contributed by atoms with E-state index >= 15 is 0 Å². The Morgan fingerprint density at radius 3 is 1.60 bits per heavy atom. The van der Waals surface area contributed by atoms with Crippen molar-refractivity contribution in [3.63, 3.8) is 0 Å². The lowest BCUT2D eigenvalue weighted by Crippen LogP contribution is -2.37. The second kappa shape index (κ2) is 5.56. The van der Waals surface area contributed by atoms with Crippen LogP contribution in [-0.4, -0.2) is 19.3 Å². The minimum absolute atomic E-state index is 0.347. The smallest absolute Gasteiger partial charge is 0.279 e. The third-order valence-corrected chi connectivity index (χ3v) is 4.81. The first-order chi connectivity index (χ1) is 9.52. The lowest BCUT2D eigenvalue weighted by Gasteiger charge is -2.30. The van der Waals surface area contributed by atoms with Gasteiger partial charge in [-0.3, -0.25) is 4.55 Å². The summed E-state index contributed by atoms with van der Waals surface area (Å²) < 4.78 is 32.1. The van der Waals surface area contributed by atoms with Gasteiger partial charge in [0.05, 0.1) is 0 Å². The molecule has 104 valence electrons. The molecule has 0 heterocycles. The van der Waals surface area contributed by atoms with E-state index < -0.39 is 14.9 Å². The first kappa shape index (κ1) is 14.4. The van der Waals surface area contributed by atoms with E-state index in [2.05, 4.69) is 0 Å². The van der Waals surface area contributed by atoms with E-state index in [0.29, 0.717) is 17.4 Å². The molecule has 0 spiro atoms. The Labute approximate surface area is 117 Å². The first-order valence-corrected chi connectivity index (χ1v) is 7.48. The molecule has 0 saturated carbocycles. The zero-order chi connectivity index (χ0) is 14.6. The Kier molecular flexibility index (Phi) is 4.01. The highest BCUT2D eigenvalue weighted by Crippen LogP contribution is 2.39. The van der Waals surface area contributed by atoms with Gasteiger partial charge in [0.25, 0.3) is 10.1 Å². The second-order valence-electron chi connectivity index (χ2n) is 4.40. The highest BCUT2D eigenvalue weighted by atomic mass is 32.2. The van der Waals surface area contributed by atoms with Crippen LogP contribution in [0.4, 0.5) is 0 Å². The molecule has 0 aliphatic rings. The van der Waals surface area contributed by atoms with Gasteiger partial charge < -0.3 is 4.79 Å². The van der Waals surface area contributed by atoms with E-state index in [4.69, 9.17) is 0 Å². The second-order valence-corrected chi connectivity index (χ2v) is 6.05. The summed E-state index contributed by atoms with van der Waals surface area (Å²) in [5.74, 6) is 0. The third kappa shape index (κ3) is 2.37. The highest BCUT2D eigenvalue weighted by molar-refractivity contribution is 7.87. The van der Waals surface area contributed by atoms with E-state index in [0.717, 1.165) is 0 Å². The van der Waals surface area contributed by atoms with Crippen molar-refractivity contribution in [1.29, 1.82) is 0 Å². The van der Waals surface area contributed by atoms with Crippen molar-refractivity contribution >= 4 is 16.4 Å². The Morgan fingerprint density at radius 1 is 0.900 bits per heavy atom. The average molecular weight is 290 g/mol. The largest absolute Gasteiger partial charge is 0.303 e. The number of aldehydes is 1. The molecule has 2 aromatic rings. The van der Waals surface area contributed by atoms with E-state index in [-0.39, 0.29) is 6.42 Å². The number of rotatable bonds is 5. The molecule has 0 aliphatic heterocycles. The fourth-order valence-electron chi connectivity index (χ4n) is 2.34. The fraction of sp³-hybridized carbons (Fsp3) is 0.133. The van der Waals surface area contributed by atoms with Crippen molar-refractivity contribution in [3.05, 3.63) is 71.8 Å². The van der Waals surface area contributed by atoms with Crippen molar-refractivity contribution in [2.75, 3.05) is 0 Å². The zero-order valence-electron chi connectivity index (χ0n) is 10.6. The van der Waals surface area contributed by atoms with E-state index in [1.54, 1.807) is 60.7 Å². The molecule has 0 unspecified atom stereocenters. The summed E-state index contributed by atoms with van der Waals surface area (Å²) in [7, 11) is -4.53. The van der Waals surface area contributed by atoms with Gasteiger partial charge in [0.15, 0.2) is 4.75 Å². The van der Waals surface area contributed by atoms with Crippen molar-refractivity contribution in [1.82, 2.24) is 0 Å². The molecular formula is C15H14O4S. The van der Waals surface area contributed by atoms with Gasteiger partial charge in [-0.2, -0.15) is 8.42 Å². The van der Waals surface area contributed by atoms with Crippen LogP contribution in [0, 0.1) is 0 Å². The van der Waals surface area contributed by atoms with Gasteiger partial charge in [-0.15, -0.1) is 0 Å². The lowest BCUT2D eigenvalue weighted by atomic mass is 9.88. The molecule has 0 atom stereocenters. The van der Waals surface area contributed by atoms with Gasteiger partial charge in [-0.05, 0) is 11.1 Å². The molecule has 0 saturated heterocycles. The van der Waals surface area contributed by atoms with Crippen LogP contribution in [0.1, 0.15) is 17.5 Å². The monoisotopic (exact) mass is 290 g/mol. The maximum atomic E-state index is 12.0. The standard InChI is InChI=1S/C15H14O4S/c16-12-11-15(20(17,18)19,13-7-3-1-4-8-13)14-9-5-2-6-10-14/h1-10,12H,11H2,(H,17,18,19). The quantitative estimate of drug-likeness (QED) is 0.678. The van der Waals surface area contributed by atoms with Gasteiger partial charge in [0.1, 0.15) is 6.29 Å². The van der Waals surface area contributed by atoms with Gasteiger partial charge in [0.2, 0.25) is 0 Å². The lowest BCUT2D eigenvalue weighted by molar-refractivity contribution is -0.108. The summed E-state index contributed by atoms with van der Waals surface area (Å²) >= 11 is 0. The summed E-state index contributed by atoms with van der Waals surface area (Å²) in [5.41, 5.74) is 0.724. The predicted molar refractivity (Wildman–Crippen MR) is 75.9 cm³/mol. The molecule has 0 aliphatic carbocycles. The van der Waals surface area contributed by atoms with Gasteiger partial charge in [-0.25, -0.2) is 0 Å². The Morgan fingerprint density at radius 2 is 1.30 bits per heavy atom. The maximum absolute atomic E-state index is 12.0. The van der Waals surface area contributed by atoms with Crippen molar-refractivity contribution in [2.45, 2.75) is 11.2 Å². The molecule has 4 nitrogen and oxygen atoms in total. The van der Waals surface area contributed by atoms with Crippen LogP contribution in [0.3, 0.4) is 0 Å². The molecule has 5 heteroatoms. The summed E-state index contributed by atoms with van der Waals surface area (Å²) in [6.07, 6.45) is 0.160. The summed E-state index contributed by atoms with van der Waals surface area (Å²) in [5, 5.41) is 0.